The fourth-order valence-corrected chi connectivity index (χ4v) is 11.4. The number of fused-ring (bicyclic) bond motifs is 16. The summed E-state index contributed by atoms with van der Waals surface area (Å²) in [6, 6.07) is 57.6. The number of hydrogen-bond acceptors (Lipinski definition) is 3. The smallest absolute Gasteiger partial charge is 0.143 e. The molecule has 9 aromatic carbocycles. The molecule has 0 atom stereocenters. The summed E-state index contributed by atoms with van der Waals surface area (Å²) in [4.78, 5) is 0. The Morgan fingerprint density at radius 1 is 0.357 bits per heavy atom. The van der Waals surface area contributed by atoms with Gasteiger partial charge in [0, 0.05) is 69.4 Å². The molecule has 0 saturated heterocycles. The zero-order valence-corrected chi connectivity index (χ0v) is 31.6. The van der Waals surface area contributed by atoms with Crippen LogP contribution >= 0.6 is 11.3 Å². The van der Waals surface area contributed by atoms with E-state index in [1.165, 1.54) is 85.9 Å². The van der Waals surface area contributed by atoms with Crippen molar-refractivity contribution in [2.75, 3.05) is 0 Å². The zero-order chi connectivity index (χ0) is 36.9. The third-order valence-electron chi connectivity index (χ3n) is 12.7. The van der Waals surface area contributed by atoms with Crippen molar-refractivity contribution in [3.63, 3.8) is 0 Å². The molecule has 3 aromatic heterocycles. The number of rotatable bonds is 2. The van der Waals surface area contributed by atoms with Gasteiger partial charge in [-0.3, -0.25) is 0 Å². The second kappa shape index (κ2) is 10.8. The molecule has 1 aliphatic carbocycles. The van der Waals surface area contributed by atoms with E-state index in [1.807, 2.05) is 11.3 Å². The third-order valence-corrected chi connectivity index (χ3v) is 13.8. The van der Waals surface area contributed by atoms with Gasteiger partial charge in [0.2, 0.25) is 0 Å². The molecule has 12 aromatic rings. The number of para-hydroxylation sites is 2. The van der Waals surface area contributed by atoms with Gasteiger partial charge in [-0.25, -0.2) is 0 Å². The molecule has 3 heterocycles. The monoisotopic (exact) mass is 732 g/mol. The fraction of sp³-hybridized carbons (Fsp3) is 0.0566. The Kier molecular flexibility index (Phi) is 5.88. The highest BCUT2D eigenvalue weighted by atomic mass is 32.1. The summed E-state index contributed by atoms with van der Waals surface area (Å²) in [5.74, 6) is 0. The van der Waals surface area contributed by atoms with Gasteiger partial charge in [0.15, 0.2) is 0 Å². The van der Waals surface area contributed by atoms with E-state index in [9.17, 15) is 0 Å². The van der Waals surface area contributed by atoms with Crippen LogP contribution < -0.4 is 0 Å². The molecular weight excluding hydrogens is 701 g/mol. The predicted molar refractivity (Wildman–Crippen MR) is 237 cm³/mol. The van der Waals surface area contributed by atoms with Crippen molar-refractivity contribution < 1.29 is 8.83 Å². The average Bonchev–Trinajstić information content (AvgIpc) is 3.98. The van der Waals surface area contributed by atoms with Crippen molar-refractivity contribution in [1.29, 1.82) is 0 Å². The molecule has 2 nitrogen and oxygen atoms in total. The molecule has 0 unspecified atom stereocenters. The van der Waals surface area contributed by atoms with E-state index in [1.54, 1.807) is 0 Å². The summed E-state index contributed by atoms with van der Waals surface area (Å²) in [7, 11) is 0. The Morgan fingerprint density at radius 2 is 0.857 bits per heavy atom. The van der Waals surface area contributed by atoms with Crippen LogP contribution in [0.1, 0.15) is 25.0 Å². The molecule has 0 N–H and O–H groups in total. The highest BCUT2D eigenvalue weighted by Crippen LogP contribution is 2.55. The second-order valence-electron chi connectivity index (χ2n) is 15.9. The van der Waals surface area contributed by atoms with Crippen LogP contribution in [0, 0.1) is 0 Å². The van der Waals surface area contributed by atoms with Crippen LogP contribution in [0.4, 0.5) is 0 Å². The molecule has 0 aliphatic heterocycles. The van der Waals surface area contributed by atoms with Crippen LogP contribution in [0.25, 0.3) is 119 Å². The summed E-state index contributed by atoms with van der Waals surface area (Å²) >= 11 is 1.85. The molecule has 0 saturated carbocycles. The van der Waals surface area contributed by atoms with Crippen molar-refractivity contribution in [3.05, 3.63) is 169 Å². The number of furan rings is 2. The van der Waals surface area contributed by atoms with E-state index < -0.39 is 0 Å². The Balaban J connectivity index is 1.12. The molecule has 0 fully saturated rings. The topological polar surface area (TPSA) is 26.3 Å². The van der Waals surface area contributed by atoms with Gasteiger partial charge in [0.25, 0.3) is 0 Å². The van der Waals surface area contributed by atoms with Crippen LogP contribution in [0.2, 0.25) is 0 Å². The first-order valence-corrected chi connectivity index (χ1v) is 20.2. The van der Waals surface area contributed by atoms with E-state index in [-0.39, 0.29) is 5.41 Å². The summed E-state index contributed by atoms with van der Waals surface area (Å²) in [6.45, 7) is 4.68. The predicted octanol–water partition coefficient (Wildman–Crippen LogP) is 15.8. The summed E-state index contributed by atoms with van der Waals surface area (Å²) in [5.41, 5.74) is 13.5. The average molecular weight is 733 g/mol. The van der Waals surface area contributed by atoms with Crippen LogP contribution in [-0.2, 0) is 5.41 Å². The van der Waals surface area contributed by atoms with Crippen LogP contribution in [-0.4, -0.2) is 0 Å². The van der Waals surface area contributed by atoms with E-state index in [2.05, 4.69) is 172 Å². The minimum atomic E-state index is -0.0875. The van der Waals surface area contributed by atoms with Crippen LogP contribution in [0.3, 0.4) is 0 Å². The molecule has 262 valence electrons. The Labute approximate surface area is 325 Å². The molecule has 0 spiro atoms. The molecule has 1 aliphatic rings. The lowest BCUT2D eigenvalue weighted by Gasteiger charge is -2.21. The molecular formula is C53H32O2S. The maximum atomic E-state index is 7.00. The summed E-state index contributed by atoms with van der Waals surface area (Å²) in [6.07, 6.45) is 0. The fourth-order valence-electron chi connectivity index (χ4n) is 10.3. The van der Waals surface area contributed by atoms with Gasteiger partial charge in [0.1, 0.15) is 22.3 Å². The third kappa shape index (κ3) is 3.81. The Bertz CT molecular complexity index is 3630. The molecule has 3 heteroatoms. The number of hydrogen-bond donors (Lipinski definition) is 0. The van der Waals surface area contributed by atoms with E-state index in [4.69, 9.17) is 8.83 Å². The van der Waals surface area contributed by atoms with Crippen molar-refractivity contribution in [2.24, 2.45) is 0 Å². The lowest BCUT2D eigenvalue weighted by molar-refractivity contribution is 0.657. The first-order chi connectivity index (χ1) is 27.6. The molecule has 0 radical (unpaired) electrons. The molecule has 0 bridgehead atoms. The van der Waals surface area contributed by atoms with Gasteiger partial charge in [-0.15, -0.1) is 11.3 Å². The maximum Gasteiger partial charge on any atom is 0.143 e. The van der Waals surface area contributed by atoms with Gasteiger partial charge < -0.3 is 8.83 Å². The maximum absolute atomic E-state index is 7.00. The standard InChI is InChI=1S/C53H32O2S/c1-53(2)39-23-9-7-17-33(39)47-40(53)25-26-41-48(47)37-21-11-19-35(51(37)54-41)45-29-13-3-5-15-31(29)46(32-16-6-4-14-30(32)45)36-20-12-22-38-49-42(55-52(36)38)27-28-44-50(49)34-18-8-10-24-43(34)56-44/h3-28H,1-2H3. The van der Waals surface area contributed by atoms with Crippen LogP contribution in [0.15, 0.2) is 167 Å². The minimum absolute atomic E-state index is 0.0875. The van der Waals surface area contributed by atoms with Gasteiger partial charge in [0.05, 0.1) is 0 Å². The van der Waals surface area contributed by atoms with E-state index >= 15 is 0 Å². The quantitative estimate of drug-likeness (QED) is 0.165. The second-order valence-corrected chi connectivity index (χ2v) is 16.9. The normalized spacial score (nSPS) is 13.7. The molecule has 56 heavy (non-hydrogen) atoms. The molecule has 0 amide bonds. The highest BCUT2D eigenvalue weighted by Gasteiger charge is 2.37. The van der Waals surface area contributed by atoms with E-state index in [0.29, 0.717) is 0 Å². The zero-order valence-electron chi connectivity index (χ0n) is 30.7. The first-order valence-electron chi connectivity index (χ1n) is 19.3. The Morgan fingerprint density at radius 3 is 1.52 bits per heavy atom. The van der Waals surface area contributed by atoms with Gasteiger partial charge in [-0.2, -0.15) is 0 Å². The van der Waals surface area contributed by atoms with Gasteiger partial charge in [-0.05, 0) is 68.1 Å². The number of benzene rings is 9. The molecule has 13 rings (SSSR count). The summed E-state index contributed by atoms with van der Waals surface area (Å²) < 4.78 is 16.5. The minimum Gasteiger partial charge on any atom is -0.455 e. The Hall–Kier alpha value is -6.68. The van der Waals surface area contributed by atoms with Crippen LogP contribution in [0.5, 0.6) is 0 Å². The van der Waals surface area contributed by atoms with Crippen molar-refractivity contribution in [2.45, 2.75) is 19.3 Å². The number of thiophene rings is 1. The van der Waals surface area contributed by atoms with Crippen molar-refractivity contribution in [1.82, 2.24) is 0 Å². The van der Waals surface area contributed by atoms with Crippen molar-refractivity contribution in [3.8, 4) is 33.4 Å². The SMILES string of the molecule is CC1(C)c2ccccc2-c2c1ccc1oc3c(-c4c5ccccc5c(-c5cccc6c5oc5ccc7sc8ccccc8c7c56)c5ccccc45)cccc3c21. The van der Waals surface area contributed by atoms with Gasteiger partial charge in [-0.1, -0.05) is 147 Å². The lowest BCUT2D eigenvalue weighted by atomic mass is 9.82. The summed E-state index contributed by atoms with van der Waals surface area (Å²) in [5, 5.41) is 12.0. The van der Waals surface area contributed by atoms with E-state index in [0.717, 1.165) is 44.2 Å². The first kappa shape index (κ1) is 30.6. The highest BCUT2D eigenvalue weighted by molar-refractivity contribution is 7.26. The largest absolute Gasteiger partial charge is 0.455 e. The van der Waals surface area contributed by atoms with Crippen molar-refractivity contribution >= 4 is 96.9 Å². The van der Waals surface area contributed by atoms with Gasteiger partial charge >= 0.3 is 0 Å². The lowest BCUT2D eigenvalue weighted by Crippen LogP contribution is -2.14.